The molecule has 0 saturated carbocycles. The minimum atomic E-state index is -0.451. The lowest BCUT2D eigenvalue weighted by molar-refractivity contribution is -0.750. The Bertz CT molecular complexity index is 1220. The summed E-state index contributed by atoms with van der Waals surface area (Å²) in [5.41, 5.74) is 3.66. The highest BCUT2D eigenvalue weighted by Crippen LogP contribution is 2.37. The molecule has 0 aromatic heterocycles. The number of nitrogens with two attached hydrogens (primary N) is 1. The maximum atomic E-state index is 15.1. The number of aryl methyl sites for hydroxylation is 1. The maximum Gasteiger partial charge on any atom is 0.268 e. The first kappa shape index (κ1) is 17.5. The van der Waals surface area contributed by atoms with Gasteiger partial charge in [0.05, 0.1) is 18.0 Å². The van der Waals surface area contributed by atoms with E-state index < -0.39 is 5.82 Å². The predicted molar refractivity (Wildman–Crippen MR) is 111 cm³/mol. The topological polar surface area (TPSA) is 60.0 Å². The first-order chi connectivity index (χ1) is 14.1. The number of halogens is 1. The molecular weight excluding hydrogens is 367 g/mol. The number of aliphatic imine (C=N–C) groups is 2. The van der Waals surface area contributed by atoms with Crippen LogP contribution in [0.4, 0.5) is 4.39 Å². The highest BCUT2D eigenvalue weighted by molar-refractivity contribution is 6.01. The first-order valence-electron chi connectivity index (χ1n) is 9.21. The van der Waals surface area contributed by atoms with Crippen molar-refractivity contribution in [2.45, 2.75) is 6.92 Å². The molecule has 142 valence electrons. The fourth-order valence-corrected chi connectivity index (χ4v) is 3.46. The third-order valence-corrected chi connectivity index (χ3v) is 5.12. The van der Waals surface area contributed by atoms with Gasteiger partial charge >= 0.3 is 0 Å². The van der Waals surface area contributed by atoms with Crippen LogP contribution >= 0.6 is 0 Å². The number of hydrogen-bond donors (Lipinski definition) is 1. The molecule has 0 spiro atoms. The number of para-hydroxylation sites is 1. The molecule has 5 rings (SSSR count). The molecule has 5 nitrogen and oxygen atoms in total. The number of ether oxygens (including phenoxy) is 1. The second kappa shape index (κ2) is 6.48. The number of fused-ring (bicyclic) bond motifs is 1. The number of benzene rings is 2. The molecule has 0 fully saturated rings. The lowest BCUT2D eigenvalue weighted by Crippen LogP contribution is -2.53. The highest BCUT2D eigenvalue weighted by Gasteiger charge is 2.45. The molecule has 2 aromatic rings. The number of nitrogens with zero attached hydrogens (tertiary/aromatic N) is 3. The van der Waals surface area contributed by atoms with Crippen molar-refractivity contribution < 1.29 is 13.7 Å². The van der Waals surface area contributed by atoms with Crippen LogP contribution in [0.1, 0.15) is 11.1 Å². The summed E-state index contributed by atoms with van der Waals surface area (Å²) < 4.78 is 20.7. The Balaban J connectivity index is 1.52. The van der Waals surface area contributed by atoms with Gasteiger partial charge in [0.25, 0.3) is 5.84 Å². The van der Waals surface area contributed by atoms with Crippen LogP contribution < -0.4 is 10.6 Å². The average molecular weight is 385 g/mol. The molecule has 0 bridgehead atoms. The van der Waals surface area contributed by atoms with E-state index in [4.69, 9.17) is 10.6 Å². The molecule has 2 aliphatic heterocycles. The van der Waals surface area contributed by atoms with E-state index >= 15 is 4.39 Å². The second-order valence-corrected chi connectivity index (χ2v) is 7.01. The Morgan fingerprint density at radius 3 is 2.69 bits per heavy atom. The fraction of sp³-hybridized carbons (Fsp3) is 0.0435. The van der Waals surface area contributed by atoms with E-state index in [9.17, 15) is 0 Å². The van der Waals surface area contributed by atoms with Gasteiger partial charge in [-0.2, -0.15) is 10.8 Å². The van der Waals surface area contributed by atoms with Gasteiger partial charge in [0, 0.05) is 11.6 Å². The summed E-state index contributed by atoms with van der Waals surface area (Å²) in [6, 6.07) is 12.3. The van der Waals surface area contributed by atoms with E-state index in [1.165, 1.54) is 6.07 Å². The predicted octanol–water partition coefficient (Wildman–Crippen LogP) is 4.64. The number of amidine groups is 1. The fourth-order valence-electron chi connectivity index (χ4n) is 3.46. The molecule has 1 atom stereocenters. The monoisotopic (exact) mass is 385 g/mol. The number of allylic oxidation sites excluding steroid dienone is 4. The van der Waals surface area contributed by atoms with Crippen molar-refractivity contribution in [2.24, 2.45) is 15.8 Å². The summed E-state index contributed by atoms with van der Waals surface area (Å²) in [4.78, 5) is 8.86. The van der Waals surface area contributed by atoms with E-state index in [2.05, 4.69) is 9.98 Å². The van der Waals surface area contributed by atoms with Crippen LogP contribution in [0.15, 0.2) is 100 Å². The van der Waals surface area contributed by atoms with Crippen molar-refractivity contribution in [1.82, 2.24) is 0 Å². The SMILES string of the molecule is Cc1ccccc1Oc1ccc(C2=NC(C3=CC=C3)=C3C=NC=C[N+]23N)c(F)c1. The van der Waals surface area contributed by atoms with Crippen LogP contribution in [0.5, 0.6) is 11.5 Å². The van der Waals surface area contributed by atoms with Gasteiger partial charge in [-0.05, 0) is 30.7 Å². The normalized spacial score (nSPS) is 21.6. The molecule has 29 heavy (non-hydrogen) atoms. The third kappa shape index (κ3) is 2.77. The molecule has 2 heterocycles. The second-order valence-electron chi connectivity index (χ2n) is 7.01. The smallest absolute Gasteiger partial charge is 0.268 e. The average Bonchev–Trinajstić information content (AvgIpc) is 2.95. The van der Waals surface area contributed by atoms with Gasteiger partial charge in [-0.1, -0.05) is 36.4 Å². The van der Waals surface area contributed by atoms with Gasteiger partial charge in [0.15, 0.2) is 0 Å². The summed E-state index contributed by atoms with van der Waals surface area (Å²) in [6.07, 6.45) is 10.8. The number of quaternary nitrogens is 1. The molecule has 2 N–H and O–H groups in total. The van der Waals surface area contributed by atoms with Gasteiger partial charge in [-0.15, -0.1) is 4.59 Å². The van der Waals surface area contributed by atoms with Crippen molar-refractivity contribution in [3.63, 3.8) is 0 Å². The first-order valence-corrected chi connectivity index (χ1v) is 9.21. The van der Waals surface area contributed by atoms with Crippen LogP contribution in [0.3, 0.4) is 0 Å². The zero-order valence-electron chi connectivity index (χ0n) is 15.7. The summed E-state index contributed by atoms with van der Waals surface area (Å²) in [6.45, 7) is 1.94. The molecular formula is C23H18FN4O+. The Morgan fingerprint density at radius 1 is 1.14 bits per heavy atom. The Morgan fingerprint density at radius 2 is 1.97 bits per heavy atom. The molecule has 3 aliphatic rings. The Hall–Kier alpha value is -3.61. The van der Waals surface area contributed by atoms with Crippen LogP contribution in [0, 0.1) is 12.7 Å². The lowest BCUT2D eigenvalue weighted by atomic mass is 10.0. The standard InChI is InChI=1S/C23H18FN4O/c1-15-5-2-3-8-21(15)29-17-9-10-18(19(24)13-17)23-27-22(16-6-4-7-16)20-14-26-11-12-28(20,23)25/h2-14H,25H2,1H3/q+1. The third-order valence-electron chi connectivity index (χ3n) is 5.12. The van der Waals surface area contributed by atoms with E-state index in [1.807, 2.05) is 49.4 Å². The minimum absolute atomic E-state index is 0.223. The van der Waals surface area contributed by atoms with Crippen molar-refractivity contribution >= 4 is 12.1 Å². The Kier molecular flexibility index (Phi) is 3.91. The van der Waals surface area contributed by atoms with Crippen LogP contribution in [0.2, 0.25) is 0 Å². The molecule has 2 aromatic carbocycles. The van der Waals surface area contributed by atoms with E-state index in [-0.39, 0.29) is 4.59 Å². The molecule has 1 unspecified atom stereocenters. The van der Waals surface area contributed by atoms with Gasteiger partial charge in [0.1, 0.15) is 29.2 Å². The van der Waals surface area contributed by atoms with Gasteiger partial charge < -0.3 is 4.74 Å². The zero-order valence-corrected chi connectivity index (χ0v) is 15.7. The van der Waals surface area contributed by atoms with Crippen molar-refractivity contribution in [2.75, 3.05) is 0 Å². The number of rotatable bonds is 4. The Labute approximate surface area is 167 Å². The maximum absolute atomic E-state index is 15.1. The summed E-state index contributed by atoms with van der Waals surface area (Å²) in [5.74, 6) is 7.67. The molecule has 0 amide bonds. The van der Waals surface area contributed by atoms with E-state index in [1.54, 1.807) is 30.7 Å². The minimum Gasteiger partial charge on any atom is -0.457 e. The van der Waals surface area contributed by atoms with Crippen molar-refractivity contribution in [3.8, 4) is 11.5 Å². The summed E-state index contributed by atoms with van der Waals surface area (Å²) in [5, 5.41) is 0. The van der Waals surface area contributed by atoms with Crippen LogP contribution in [-0.4, -0.2) is 16.6 Å². The van der Waals surface area contributed by atoms with Gasteiger partial charge in [-0.25, -0.2) is 4.39 Å². The van der Waals surface area contributed by atoms with E-state index in [0.717, 1.165) is 11.1 Å². The van der Waals surface area contributed by atoms with Gasteiger partial charge in [-0.3, -0.25) is 4.99 Å². The molecule has 6 heteroatoms. The van der Waals surface area contributed by atoms with Gasteiger partial charge in [0.2, 0.25) is 5.70 Å². The van der Waals surface area contributed by atoms with Crippen LogP contribution in [-0.2, 0) is 0 Å². The molecule has 0 saturated heterocycles. The number of hydrogen-bond acceptors (Lipinski definition) is 4. The quantitative estimate of drug-likeness (QED) is 0.616. The van der Waals surface area contributed by atoms with Crippen molar-refractivity contribution in [1.29, 1.82) is 0 Å². The highest BCUT2D eigenvalue weighted by atomic mass is 19.1. The zero-order chi connectivity index (χ0) is 20.0. The van der Waals surface area contributed by atoms with E-state index in [0.29, 0.717) is 34.3 Å². The molecule has 1 aliphatic carbocycles. The molecule has 0 radical (unpaired) electrons. The summed E-state index contributed by atoms with van der Waals surface area (Å²) in [7, 11) is 0. The lowest BCUT2D eigenvalue weighted by Gasteiger charge is -2.26. The largest absolute Gasteiger partial charge is 0.457 e. The van der Waals surface area contributed by atoms with Crippen LogP contribution in [0.25, 0.3) is 0 Å². The summed E-state index contributed by atoms with van der Waals surface area (Å²) >= 11 is 0. The van der Waals surface area contributed by atoms with Crippen molar-refractivity contribution in [3.05, 3.63) is 107 Å².